The molecule has 1 fully saturated rings. The van der Waals surface area contributed by atoms with Crippen LogP contribution in [0.15, 0.2) is 47.5 Å². The van der Waals surface area contributed by atoms with Crippen LogP contribution in [0.3, 0.4) is 0 Å². The van der Waals surface area contributed by atoms with E-state index in [-0.39, 0.29) is 55.2 Å². The summed E-state index contributed by atoms with van der Waals surface area (Å²) in [4.78, 5) is 29.2. The number of aryl methyl sites for hydroxylation is 2. The summed E-state index contributed by atoms with van der Waals surface area (Å²) in [6.07, 6.45) is -9.47. The Kier molecular flexibility index (Phi) is 8.70. The van der Waals surface area contributed by atoms with Crippen LogP contribution in [0.4, 0.5) is 36.8 Å². The van der Waals surface area contributed by atoms with E-state index in [0.717, 1.165) is 12.1 Å². The number of aliphatic imine (C=N–C) groups is 1. The Labute approximate surface area is 242 Å². The molecule has 17 heteroatoms. The third kappa shape index (κ3) is 7.76. The van der Waals surface area contributed by atoms with Gasteiger partial charge in [-0.05, 0) is 61.6 Å². The van der Waals surface area contributed by atoms with Crippen LogP contribution in [-0.4, -0.2) is 74.0 Å². The third-order valence-electron chi connectivity index (χ3n) is 7.14. The summed E-state index contributed by atoms with van der Waals surface area (Å²) in [6, 6.07) is 7.69. The zero-order valence-electron chi connectivity index (χ0n) is 22.6. The van der Waals surface area contributed by atoms with Crippen LogP contribution in [0.25, 0.3) is 0 Å². The number of halogens is 6. The first kappa shape index (κ1) is 32.1. The molecule has 234 valence electrons. The molecule has 2 heterocycles. The van der Waals surface area contributed by atoms with Crippen molar-refractivity contribution >= 4 is 33.5 Å². The summed E-state index contributed by atoms with van der Waals surface area (Å²) in [6.45, 7) is -0.0736. The molecule has 0 saturated carbocycles. The van der Waals surface area contributed by atoms with Crippen LogP contribution >= 0.6 is 0 Å². The molecule has 0 bridgehead atoms. The standard InChI is InChI=1S/C26H27F6N5O5S/c1-16-13-19(37(23(33)39)15-25(27,28)29)6-5-17(16)7-12-43(40,41)36-10-8-24(9-11-36)22(38)34-21(35-24)18-3-2-4-20(14-18)42-26(30,31)32/h2-6,13-14H,7-12,15H2,1H3,(H2,33,39)(H,34,35,38). The minimum Gasteiger partial charge on any atom is -0.406 e. The lowest BCUT2D eigenvalue weighted by Crippen LogP contribution is -2.50. The molecular weight excluding hydrogens is 608 g/mol. The summed E-state index contributed by atoms with van der Waals surface area (Å²) < 4.78 is 108. The highest BCUT2D eigenvalue weighted by atomic mass is 32.2. The summed E-state index contributed by atoms with van der Waals surface area (Å²) in [5.74, 6) is -1.25. The first-order chi connectivity index (χ1) is 19.9. The van der Waals surface area contributed by atoms with Gasteiger partial charge in [-0.2, -0.15) is 13.2 Å². The van der Waals surface area contributed by atoms with Gasteiger partial charge < -0.3 is 15.8 Å². The molecule has 0 radical (unpaired) electrons. The molecule has 2 aromatic rings. The maximum absolute atomic E-state index is 13.1. The van der Waals surface area contributed by atoms with Crippen molar-refractivity contribution < 1.29 is 49.1 Å². The van der Waals surface area contributed by atoms with Gasteiger partial charge >= 0.3 is 18.6 Å². The van der Waals surface area contributed by atoms with Gasteiger partial charge in [-0.3, -0.25) is 14.7 Å². The number of amidine groups is 1. The quantitative estimate of drug-likeness (QED) is 0.428. The van der Waals surface area contributed by atoms with Gasteiger partial charge in [0.05, 0.1) is 5.75 Å². The molecule has 2 aliphatic heterocycles. The number of piperidine rings is 1. The van der Waals surface area contributed by atoms with Crippen LogP contribution in [0.5, 0.6) is 5.75 Å². The predicted molar refractivity (Wildman–Crippen MR) is 143 cm³/mol. The summed E-state index contributed by atoms with van der Waals surface area (Å²) in [7, 11) is -3.82. The number of carbonyl (C=O) groups is 2. The summed E-state index contributed by atoms with van der Waals surface area (Å²) in [5.41, 5.74) is 4.95. The van der Waals surface area contributed by atoms with Crippen molar-refractivity contribution in [2.45, 2.75) is 44.3 Å². The molecule has 2 aromatic carbocycles. The Bertz CT molecular complexity index is 1540. The molecule has 3 amide bonds. The molecule has 10 nitrogen and oxygen atoms in total. The molecule has 2 aliphatic rings. The summed E-state index contributed by atoms with van der Waals surface area (Å²) in [5, 5.41) is 2.57. The van der Waals surface area contributed by atoms with Gasteiger partial charge in [0, 0.05) is 24.3 Å². The van der Waals surface area contributed by atoms with Crippen LogP contribution in [0.1, 0.15) is 29.5 Å². The molecule has 1 spiro atoms. The van der Waals surface area contributed by atoms with Gasteiger partial charge in [-0.15, -0.1) is 13.2 Å². The number of nitrogens with zero attached hydrogens (tertiary/aromatic N) is 3. The second kappa shape index (κ2) is 11.7. The number of benzene rings is 2. The topological polar surface area (TPSA) is 134 Å². The largest absolute Gasteiger partial charge is 0.573 e. The predicted octanol–water partition coefficient (Wildman–Crippen LogP) is 3.62. The maximum atomic E-state index is 13.1. The molecular formula is C26H27F6N5O5S. The number of nitrogens with one attached hydrogen (secondary N) is 1. The Hall–Kier alpha value is -3.86. The van der Waals surface area contributed by atoms with E-state index in [2.05, 4.69) is 15.0 Å². The molecule has 0 aliphatic carbocycles. The van der Waals surface area contributed by atoms with E-state index in [1.807, 2.05) is 0 Å². The smallest absolute Gasteiger partial charge is 0.406 e. The van der Waals surface area contributed by atoms with Crippen molar-refractivity contribution in [2.75, 3.05) is 30.3 Å². The third-order valence-corrected chi connectivity index (χ3v) is 9.01. The van der Waals surface area contributed by atoms with E-state index in [1.54, 1.807) is 6.92 Å². The van der Waals surface area contributed by atoms with E-state index >= 15 is 0 Å². The lowest BCUT2D eigenvalue weighted by Gasteiger charge is -2.34. The second-order valence-corrected chi connectivity index (χ2v) is 12.2. The number of carbonyl (C=O) groups excluding carboxylic acids is 2. The number of alkyl halides is 6. The molecule has 0 aromatic heterocycles. The SMILES string of the molecule is Cc1cc(N(CC(F)(F)F)C(N)=O)ccc1CCS(=O)(=O)N1CCC2(CC1)N=C(c1cccc(OC(F)(F)F)c1)NC2=O. The first-order valence-corrected chi connectivity index (χ1v) is 14.5. The van der Waals surface area contributed by atoms with Crippen LogP contribution in [0, 0.1) is 6.92 Å². The van der Waals surface area contributed by atoms with Crippen LogP contribution in [0.2, 0.25) is 0 Å². The number of sulfonamides is 1. The van der Waals surface area contributed by atoms with Gasteiger partial charge in [-0.25, -0.2) is 17.5 Å². The van der Waals surface area contributed by atoms with Gasteiger partial charge in [0.2, 0.25) is 10.0 Å². The lowest BCUT2D eigenvalue weighted by molar-refractivity contribution is -0.274. The fourth-order valence-corrected chi connectivity index (χ4v) is 6.41. The number of ether oxygens (including phenoxy) is 1. The number of amides is 3. The van der Waals surface area contributed by atoms with Gasteiger partial charge in [-0.1, -0.05) is 18.2 Å². The maximum Gasteiger partial charge on any atom is 0.573 e. The number of anilines is 1. The van der Waals surface area contributed by atoms with Crippen molar-refractivity contribution in [3.05, 3.63) is 59.2 Å². The first-order valence-electron chi connectivity index (χ1n) is 12.9. The fraction of sp³-hybridized carbons (Fsp3) is 0.423. The van der Waals surface area contributed by atoms with E-state index in [4.69, 9.17) is 5.73 Å². The number of rotatable bonds is 8. The Morgan fingerprint density at radius 3 is 2.37 bits per heavy atom. The Morgan fingerprint density at radius 1 is 1.12 bits per heavy atom. The number of urea groups is 1. The van der Waals surface area contributed by atoms with E-state index in [9.17, 15) is 44.3 Å². The molecule has 3 N–H and O–H groups in total. The fourth-order valence-electron chi connectivity index (χ4n) is 4.94. The minimum atomic E-state index is -4.90. The van der Waals surface area contributed by atoms with Crippen LogP contribution in [-0.2, 0) is 21.2 Å². The van der Waals surface area contributed by atoms with Crippen molar-refractivity contribution in [1.29, 1.82) is 0 Å². The van der Waals surface area contributed by atoms with Crippen molar-refractivity contribution in [2.24, 2.45) is 10.7 Å². The number of nitrogens with two attached hydrogens (primary N) is 1. The van der Waals surface area contributed by atoms with Crippen molar-refractivity contribution in [1.82, 2.24) is 9.62 Å². The number of primary amides is 1. The van der Waals surface area contributed by atoms with Crippen molar-refractivity contribution in [3.63, 3.8) is 0 Å². The highest BCUT2D eigenvalue weighted by Gasteiger charge is 2.47. The monoisotopic (exact) mass is 635 g/mol. The molecule has 0 atom stereocenters. The highest BCUT2D eigenvalue weighted by Crippen LogP contribution is 2.33. The number of hydrogen-bond donors (Lipinski definition) is 2. The molecule has 0 unspecified atom stereocenters. The zero-order chi connectivity index (χ0) is 31.8. The van der Waals surface area contributed by atoms with E-state index < -0.39 is 52.3 Å². The average Bonchev–Trinajstić information content (AvgIpc) is 3.20. The molecule has 4 rings (SSSR count). The normalized spacial score (nSPS) is 17.5. The Balaban J connectivity index is 1.40. The Morgan fingerprint density at radius 2 is 1.79 bits per heavy atom. The number of hydrogen-bond acceptors (Lipinski definition) is 6. The summed E-state index contributed by atoms with van der Waals surface area (Å²) >= 11 is 0. The van der Waals surface area contributed by atoms with Crippen molar-refractivity contribution in [3.8, 4) is 5.75 Å². The van der Waals surface area contributed by atoms with Gasteiger partial charge in [0.1, 0.15) is 23.7 Å². The molecule has 43 heavy (non-hydrogen) atoms. The van der Waals surface area contributed by atoms with E-state index in [1.165, 1.54) is 34.6 Å². The lowest BCUT2D eigenvalue weighted by atomic mass is 9.89. The van der Waals surface area contributed by atoms with E-state index in [0.29, 0.717) is 16.0 Å². The average molecular weight is 636 g/mol. The van der Waals surface area contributed by atoms with Gasteiger partial charge in [0.15, 0.2) is 0 Å². The minimum absolute atomic E-state index is 0.0328. The van der Waals surface area contributed by atoms with Crippen LogP contribution < -0.4 is 20.7 Å². The highest BCUT2D eigenvalue weighted by molar-refractivity contribution is 7.89. The molecule has 1 saturated heterocycles. The zero-order valence-corrected chi connectivity index (χ0v) is 23.4. The van der Waals surface area contributed by atoms with Gasteiger partial charge in [0.25, 0.3) is 5.91 Å². The second-order valence-electron chi connectivity index (χ2n) is 10.1.